The minimum absolute atomic E-state index is 0.186. The molecule has 0 spiro atoms. The van der Waals surface area contributed by atoms with Gasteiger partial charge in [0.1, 0.15) is 5.82 Å². The highest BCUT2D eigenvalue weighted by atomic mass is 32.2. The second-order valence-corrected chi connectivity index (χ2v) is 5.92. The molecule has 1 aromatic carbocycles. The number of hydrazine groups is 1. The van der Waals surface area contributed by atoms with E-state index in [1.165, 1.54) is 44.2 Å². The molecular weight excluding hydrogens is 259 g/mol. The molecule has 1 aromatic rings. The van der Waals surface area contributed by atoms with Crippen LogP contribution in [0.2, 0.25) is 0 Å². The number of halogens is 1. The van der Waals surface area contributed by atoms with Crippen LogP contribution in [0.5, 0.6) is 0 Å². The lowest BCUT2D eigenvalue weighted by Crippen LogP contribution is -2.36. The molecule has 1 unspecified atom stereocenters. The Balaban J connectivity index is 2.19. The van der Waals surface area contributed by atoms with Gasteiger partial charge in [-0.3, -0.25) is 11.3 Å². The fraction of sp³-hybridized carbons (Fsp3) is 0.600. The molecule has 0 saturated carbocycles. The summed E-state index contributed by atoms with van der Waals surface area (Å²) in [6.07, 6.45) is 7.53. The number of hydrogen-bond donors (Lipinski definition) is 2. The summed E-state index contributed by atoms with van der Waals surface area (Å²) in [4.78, 5) is 1.09. The van der Waals surface area contributed by atoms with Gasteiger partial charge in [0.25, 0.3) is 0 Å². The fourth-order valence-corrected chi connectivity index (χ4v) is 2.92. The van der Waals surface area contributed by atoms with Gasteiger partial charge in [0.15, 0.2) is 0 Å². The van der Waals surface area contributed by atoms with Crippen LogP contribution in [0, 0.1) is 5.82 Å². The summed E-state index contributed by atoms with van der Waals surface area (Å²) in [5.74, 6) is 6.32. The van der Waals surface area contributed by atoms with Crippen LogP contribution in [0.3, 0.4) is 0 Å². The van der Waals surface area contributed by atoms with Crippen LogP contribution >= 0.6 is 11.8 Å². The predicted molar refractivity (Wildman–Crippen MR) is 81.6 cm³/mol. The van der Waals surface area contributed by atoms with Crippen LogP contribution in [0.25, 0.3) is 0 Å². The van der Waals surface area contributed by atoms with Gasteiger partial charge in [-0.2, -0.15) is 0 Å². The van der Waals surface area contributed by atoms with Crippen LogP contribution < -0.4 is 11.3 Å². The molecule has 0 bridgehead atoms. The molecule has 0 saturated heterocycles. The largest absolute Gasteiger partial charge is 0.271 e. The van der Waals surface area contributed by atoms with E-state index in [0.717, 1.165) is 17.1 Å². The normalized spacial score (nSPS) is 12.6. The lowest BCUT2D eigenvalue weighted by molar-refractivity contribution is 0.497. The van der Waals surface area contributed by atoms with Gasteiger partial charge in [-0.1, -0.05) is 39.0 Å². The number of thioether (sulfide) groups is 1. The lowest BCUT2D eigenvalue weighted by Gasteiger charge is -2.15. The molecule has 0 aliphatic heterocycles. The van der Waals surface area contributed by atoms with Crippen LogP contribution in [-0.2, 0) is 0 Å². The maximum absolute atomic E-state index is 12.8. The number of nitrogens with two attached hydrogens (primary N) is 1. The molecular formula is C15H25FN2S. The van der Waals surface area contributed by atoms with Gasteiger partial charge in [0.2, 0.25) is 0 Å². The molecule has 2 nitrogen and oxygen atoms in total. The summed E-state index contributed by atoms with van der Waals surface area (Å²) in [5.41, 5.74) is 2.88. The molecule has 0 amide bonds. The molecule has 0 aliphatic rings. The fourth-order valence-electron chi connectivity index (χ4n) is 1.94. The van der Waals surface area contributed by atoms with Gasteiger partial charge in [0, 0.05) is 16.7 Å². The highest BCUT2D eigenvalue weighted by Crippen LogP contribution is 2.20. The van der Waals surface area contributed by atoms with Gasteiger partial charge in [0.05, 0.1) is 0 Å². The lowest BCUT2D eigenvalue weighted by atomic mass is 10.1. The minimum atomic E-state index is -0.186. The summed E-state index contributed by atoms with van der Waals surface area (Å²) >= 11 is 1.72. The van der Waals surface area contributed by atoms with E-state index < -0.39 is 0 Å². The number of unbranched alkanes of at least 4 members (excludes halogenated alkanes) is 4. The van der Waals surface area contributed by atoms with E-state index in [1.807, 2.05) is 12.1 Å². The first-order chi connectivity index (χ1) is 9.26. The smallest absolute Gasteiger partial charge is 0.123 e. The Hall–Kier alpha value is -0.580. The van der Waals surface area contributed by atoms with Crippen molar-refractivity contribution >= 4 is 11.8 Å². The molecule has 0 fully saturated rings. The van der Waals surface area contributed by atoms with E-state index in [4.69, 9.17) is 5.84 Å². The molecule has 19 heavy (non-hydrogen) atoms. The Bertz CT molecular complexity index is 329. The van der Waals surface area contributed by atoms with Crippen LogP contribution in [0.15, 0.2) is 29.2 Å². The highest BCUT2D eigenvalue weighted by molar-refractivity contribution is 7.99. The van der Waals surface area contributed by atoms with E-state index in [1.54, 1.807) is 11.8 Å². The van der Waals surface area contributed by atoms with Gasteiger partial charge in [-0.05, 0) is 30.7 Å². The van der Waals surface area contributed by atoms with Crippen LogP contribution in [0.4, 0.5) is 4.39 Å². The Morgan fingerprint density at radius 2 is 1.84 bits per heavy atom. The molecule has 108 valence electrons. The van der Waals surface area contributed by atoms with Gasteiger partial charge >= 0.3 is 0 Å². The zero-order chi connectivity index (χ0) is 13.9. The van der Waals surface area contributed by atoms with Crippen molar-refractivity contribution in [1.82, 2.24) is 5.43 Å². The van der Waals surface area contributed by atoms with Crippen molar-refractivity contribution in [2.75, 3.05) is 5.75 Å². The van der Waals surface area contributed by atoms with Crippen molar-refractivity contribution in [2.45, 2.75) is 56.4 Å². The number of benzene rings is 1. The molecule has 3 N–H and O–H groups in total. The molecule has 1 atom stereocenters. The second-order valence-electron chi connectivity index (χ2n) is 4.83. The summed E-state index contributed by atoms with van der Waals surface area (Å²) in [6, 6.07) is 6.95. The summed E-state index contributed by atoms with van der Waals surface area (Å²) in [6.45, 7) is 2.23. The standard InChI is InChI=1S/C15H25FN2S/c1-2-3-4-5-6-7-14(18-17)12-19-15-10-8-13(16)9-11-15/h8-11,14,18H,2-7,12,17H2,1H3. The maximum atomic E-state index is 12.8. The van der Waals surface area contributed by atoms with E-state index in [-0.39, 0.29) is 5.82 Å². The minimum Gasteiger partial charge on any atom is -0.271 e. The third-order valence-electron chi connectivity index (χ3n) is 3.16. The number of nitrogens with one attached hydrogen (secondary N) is 1. The van der Waals surface area contributed by atoms with Crippen molar-refractivity contribution in [1.29, 1.82) is 0 Å². The third-order valence-corrected chi connectivity index (χ3v) is 4.33. The van der Waals surface area contributed by atoms with Crippen LogP contribution in [0.1, 0.15) is 45.4 Å². The average molecular weight is 284 g/mol. The first kappa shape index (κ1) is 16.5. The van der Waals surface area contributed by atoms with E-state index in [9.17, 15) is 4.39 Å². The summed E-state index contributed by atoms with van der Waals surface area (Å²) < 4.78 is 12.8. The monoisotopic (exact) mass is 284 g/mol. The first-order valence-electron chi connectivity index (χ1n) is 7.10. The summed E-state index contributed by atoms with van der Waals surface area (Å²) in [7, 11) is 0. The topological polar surface area (TPSA) is 38.0 Å². The van der Waals surface area contributed by atoms with Gasteiger partial charge < -0.3 is 0 Å². The highest BCUT2D eigenvalue weighted by Gasteiger charge is 2.07. The first-order valence-corrected chi connectivity index (χ1v) is 8.09. The van der Waals surface area contributed by atoms with Crippen molar-refractivity contribution in [3.63, 3.8) is 0 Å². The molecule has 4 heteroatoms. The molecule has 0 heterocycles. The Kier molecular flexibility index (Phi) is 8.88. The molecule has 0 radical (unpaired) electrons. The average Bonchev–Trinajstić information content (AvgIpc) is 2.44. The third kappa shape index (κ3) is 7.55. The zero-order valence-corrected chi connectivity index (χ0v) is 12.5. The van der Waals surface area contributed by atoms with Crippen molar-refractivity contribution in [3.05, 3.63) is 30.1 Å². The SMILES string of the molecule is CCCCCCCC(CSc1ccc(F)cc1)NN. The molecule has 0 aliphatic carbocycles. The van der Waals surface area contributed by atoms with E-state index in [2.05, 4.69) is 12.3 Å². The Labute approximate surface area is 120 Å². The van der Waals surface area contributed by atoms with Crippen LogP contribution in [-0.4, -0.2) is 11.8 Å². The maximum Gasteiger partial charge on any atom is 0.123 e. The van der Waals surface area contributed by atoms with Crippen molar-refractivity contribution in [2.24, 2.45) is 5.84 Å². The Morgan fingerprint density at radius 3 is 2.47 bits per heavy atom. The number of rotatable bonds is 10. The molecule has 0 aromatic heterocycles. The van der Waals surface area contributed by atoms with Crippen molar-refractivity contribution in [3.8, 4) is 0 Å². The number of hydrogen-bond acceptors (Lipinski definition) is 3. The van der Waals surface area contributed by atoms with E-state index in [0.29, 0.717) is 6.04 Å². The van der Waals surface area contributed by atoms with E-state index >= 15 is 0 Å². The van der Waals surface area contributed by atoms with Crippen molar-refractivity contribution < 1.29 is 4.39 Å². The second kappa shape index (κ2) is 10.2. The predicted octanol–water partition coefficient (Wildman–Crippen LogP) is 4.11. The zero-order valence-electron chi connectivity index (χ0n) is 11.7. The summed E-state index contributed by atoms with van der Waals surface area (Å²) in [5, 5.41) is 0. The van der Waals surface area contributed by atoms with Gasteiger partial charge in [-0.25, -0.2) is 4.39 Å². The Morgan fingerprint density at radius 1 is 1.16 bits per heavy atom. The molecule has 1 rings (SSSR count). The quantitative estimate of drug-likeness (QED) is 0.294. The van der Waals surface area contributed by atoms with Gasteiger partial charge in [-0.15, -0.1) is 11.8 Å².